The predicted molar refractivity (Wildman–Crippen MR) is 130 cm³/mol. The molecule has 8 nitrogen and oxygen atoms in total. The molecule has 33 heavy (non-hydrogen) atoms. The second-order valence-corrected chi connectivity index (χ2v) is 9.85. The van der Waals surface area contributed by atoms with Crippen molar-refractivity contribution >= 4 is 34.9 Å². The Bertz CT molecular complexity index is 996. The maximum Gasteiger partial charge on any atom is 0.270 e. The molecule has 1 aliphatic carbocycles. The van der Waals surface area contributed by atoms with E-state index in [1.165, 1.54) is 0 Å². The first-order valence-corrected chi connectivity index (χ1v) is 12.2. The molecule has 0 aliphatic heterocycles. The van der Waals surface area contributed by atoms with Crippen LogP contribution in [0.2, 0.25) is 0 Å². The van der Waals surface area contributed by atoms with E-state index in [0.717, 1.165) is 54.8 Å². The van der Waals surface area contributed by atoms with Gasteiger partial charge in [-0.25, -0.2) is 0 Å². The number of hydrogen-bond donors (Lipinski definition) is 3. The van der Waals surface area contributed by atoms with Gasteiger partial charge in [0, 0.05) is 12.6 Å². The quantitative estimate of drug-likeness (QED) is 0.516. The zero-order chi connectivity index (χ0) is 24.1. The number of primary amides is 1. The van der Waals surface area contributed by atoms with E-state index in [0.29, 0.717) is 12.5 Å². The highest BCUT2D eigenvalue weighted by Gasteiger charge is 2.39. The van der Waals surface area contributed by atoms with E-state index in [4.69, 9.17) is 11.5 Å². The van der Waals surface area contributed by atoms with Gasteiger partial charge in [-0.2, -0.15) is 4.37 Å². The summed E-state index contributed by atoms with van der Waals surface area (Å²) in [6, 6.07) is 6.73. The topological polar surface area (TPSA) is 131 Å². The Labute approximate surface area is 198 Å². The number of aromatic nitrogens is 1. The first kappa shape index (κ1) is 24.7. The Hall–Kier alpha value is -2.94. The number of anilines is 1. The molecular weight excluding hydrogens is 438 g/mol. The van der Waals surface area contributed by atoms with Crippen molar-refractivity contribution in [1.29, 1.82) is 0 Å². The molecule has 3 rings (SSSR count). The number of rotatable bonds is 9. The first-order chi connectivity index (χ1) is 15.7. The Kier molecular flexibility index (Phi) is 8.07. The molecule has 0 bridgehead atoms. The summed E-state index contributed by atoms with van der Waals surface area (Å²) in [5.41, 5.74) is 13.1. The number of nitrogens with one attached hydrogen (secondary N) is 1. The number of amides is 3. The summed E-state index contributed by atoms with van der Waals surface area (Å²) in [6.45, 7) is 6.70. The maximum atomic E-state index is 13.8. The van der Waals surface area contributed by atoms with Gasteiger partial charge in [-0.3, -0.25) is 14.4 Å². The van der Waals surface area contributed by atoms with Crippen molar-refractivity contribution in [3.8, 4) is 0 Å². The zero-order valence-corrected chi connectivity index (χ0v) is 20.3. The molecule has 2 aromatic rings. The third-order valence-electron chi connectivity index (χ3n) is 6.05. The van der Waals surface area contributed by atoms with Gasteiger partial charge >= 0.3 is 0 Å². The van der Waals surface area contributed by atoms with Crippen LogP contribution in [0.5, 0.6) is 0 Å². The van der Waals surface area contributed by atoms with Crippen LogP contribution in [-0.2, 0) is 4.79 Å². The average Bonchev–Trinajstić information content (AvgIpc) is 3.42. The second-order valence-electron chi connectivity index (χ2n) is 9.08. The molecule has 178 valence electrons. The number of nitrogens with zero attached hydrogens (tertiary/aromatic N) is 2. The van der Waals surface area contributed by atoms with Gasteiger partial charge in [-0.05, 0) is 49.2 Å². The van der Waals surface area contributed by atoms with E-state index in [1.807, 2.05) is 31.2 Å². The molecule has 0 radical (unpaired) electrons. The van der Waals surface area contributed by atoms with E-state index in [-0.39, 0.29) is 28.2 Å². The minimum absolute atomic E-state index is 0.0247. The number of aryl methyl sites for hydroxylation is 1. The van der Waals surface area contributed by atoms with Gasteiger partial charge in [0.05, 0.1) is 5.69 Å². The molecule has 5 N–H and O–H groups in total. The van der Waals surface area contributed by atoms with Gasteiger partial charge < -0.3 is 21.7 Å². The molecule has 1 aromatic heterocycles. The molecule has 0 unspecified atom stereocenters. The van der Waals surface area contributed by atoms with E-state index < -0.39 is 17.9 Å². The Morgan fingerprint density at radius 3 is 2.36 bits per heavy atom. The lowest BCUT2D eigenvalue weighted by atomic mass is 9.99. The van der Waals surface area contributed by atoms with E-state index >= 15 is 0 Å². The van der Waals surface area contributed by atoms with Crippen LogP contribution in [0.3, 0.4) is 0 Å². The highest BCUT2D eigenvalue weighted by Crippen LogP contribution is 2.35. The molecule has 1 saturated carbocycles. The van der Waals surface area contributed by atoms with Crippen molar-refractivity contribution in [2.75, 3.05) is 12.3 Å². The van der Waals surface area contributed by atoms with Crippen molar-refractivity contribution < 1.29 is 14.4 Å². The maximum absolute atomic E-state index is 13.8. The minimum atomic E-state index is -0.813. The number of carbonyl (C=O) groups excluding carboxylic acids is 3. The molecule has 9 heteroatoms. The third-order valence-corrected chi connectivity index (χ3v) is 6.90. The van der Waals surface area contributed by atoms with Gasteiger partial charge in [0.25, 0.3) is 11.8 Å². The lowest BCUT2D eigenvalue weighted by Gasteiger charge is -2.36. The standard InChI is InChI=1S/C24H33N5O3S/c1-14(2)12-13-27-23(31)20(16-10-8-15(3)9-11-16)29(17-6-4-5-7-17)24(32)21-18(25)19(22(26)30)28-33-21/h8-11,14,17,20H,4-7,12-13,25H2,1-3H3,(H2,26,30)(H,27,31)/t20-/m0/s1. The van der Waals surface area contributed by atoms with Crippen LogP contribution in [0.4, 0.5) is 5.69 Å². The molecule has 1 heterocycles. The van der Waals surface area contributed by atoms with Gasteiger partial charge in [0.15, 0.2) is 5.69 Å². The van der Waals surface area contributed by atoms with Crippen LogP contribution in [0.1, 0.15) is 83.3 Å². The summed E-state index contributed by atoms with van der Waals surface area (Å²) in [5, 5.41) is 3.03. The van der Waals surface area contributed by atoms with Gasteiger partial charge in [0.1, 0.15) is 10.9 Å². The van der Waals surface area contributed by atoms with Crippen molar-refractivity contribution in [3.05, 3.63) is 46.0 Å². The van der Waals surface area contributed by atoms with Crippen molar-refractivity contribution in [3.63, 3.8) is 0 Å². The Balaban J connectivity index is 2.04. The van der Waals surface area contributed by atoms with Gasteiger partial charge in [0.2, 0.25) is 5.91 Å². The Morgan fingerprint density at radius 2 is 1.82 bits per heavy atom. The molecule has 1 aromatic carbocycles. The summed E-state index contributed by atoms with van der Waals surface area (Å²) >= 11 is 0.850. The number of nitrogen functional groups attached to an aromatic ring is 1. The lowest BCUT2D eigenvalue weighted by Crippen LogP contribution is -2.48. The fourth-order valence-corrected chi connectivity index (χ4v) is 4.94. The molecule has 1 aliphatic rings. The van der Waals surface area contributed by atoms with Crippen LogP contribution < -0.4 is 16.8 Å². The van der Waals surface area contributed by atoms with Crippen molar-refractivity contribution in [2.24, 2.45) is 11.7 Å². The predicted octanol–water partition coefficient (Wildman–Crippen LogP) is 3.42. The summed E-state index contributed by atoms with van der Waals surface area (Å²) < 4.78 is 4.00. The number of benzene rings is 1. The minimum Gasteiger partial charge on any atom is -0.395 e. The monoisotopic (exact) mass is 471 g/mol. The highest BCUT2D eigenvalue weighted by atomic mass is 32.1. The number of nitrogens with two attached hydrogens (primary N) is 2. The second kappa shape index (κ2) is 10.8. The third kappa shape index (κ3) is 5.71. The summed E-state index contributed by atoms with van der Waals surface area (Å²) in [6.07, 6.45) is 4.40. The molecule has 0 spiro atoms. The van der Waals surface area contributed by atoms with Crippen LogP contribution in [0.25, 0.3) is 0 Å². The van der Waals surface area contributed by atoms with Gasteiger partial charge in [-0.1, -0.05) is 56.5 Å². The average molecular weight is 472 g/mol. The number of carbonyl (C=O) groups is 3. The van der Waals surface area contributed by atoms with Crippen LogP contribution in [0.15, 0.2) is 24.3 Å². The normalized spacial score (nSPS) is 14.9. The largest absolute Gasteiger partial charge is 0.395 e. The number of hydrogen-bond acceptors (Lipinski definition) is 6. The van der Waals surface area contributed by atoms with Crippen LogP contribution >= 0.6 is 11.5 Å². The smallest absolute Gasteiger partial charge is 0.270 e. The van der Waals surface area contributed by atoms with Crippen LogP contribution in [-0.4, -0.2) is 39.6 Å². The first-order valence-electron chi connectivity index (χ1n) is 11.4. The summed E-state index contributed by atoms with van der Waals surface area (Å²) in [7, 11) is 0. The fraction of sp³-hybridized carbons (Fsp3) is 0.500. The van der Waals surface area contributed by atoms with Crippen molar-refractivity contribution in [2.45, 2.75) is 65.0 Å². The zero-order valence-electron chi connectivity index (χ0n) is 19.5. The van der Waals surface area contributed by atoms with E-state index in [1.54, 1.807) is 4.90 Å². The van der Waals surface area contributed by atoms with Crippen LogP contribution in [0, 0.1) is 12.8 Å². The van der Waals surface area contributed by atoms with E-state index in [2.05, 4.69) is 23.5 Å². The SMILES string of the molecule is Cc1ccc([C@@H](C(=O)NCCC(C)C)N(C(=O)c2snc(C(N)=O)c2N)C2CCCC2)cc1. The van der Waals surface area contributed by atoms with E-state index in [9.17, 15) is 14.4 Å². The lowest BCUT2D eigenvalue weighted by molar-refractivity contribution is -0.126. The Morgan fingerprint density at radius 1 is 1.18 bits per heavy atom. The fourth-order valence-electron chi connectivity index (χ4n) is 4.19. The molecule has 3 amide bonds. The molecule has 1 atom stereocenters. The summed E-state index contributed by atoms with van der Waals surface area (Å²) in [4.78, 5) is 40.8. The van der Waals surface area contributed by atoms with Gasteiger partial charge in [-0.15, -0.1) is 0 Å². The highest BCUT2D eigenvalue weighted by molar-refractivity contribution is 7.09. The summed E-state index contributed by atoms with van der Waals surface area (Å²) in [5.74, 6) is -0.955. The molecular formula is C24H33N5O3S. The van der Waals surface area contributed by atoms with Crippen molar-refractivity contribution in [1.82, 2.24) is 14.6 Å². The molecule has 0 saturated heterocycles. The molecule has 1 fully saturated rings.